The molecule has 174 valence electrons. The molecule has 5 nitrogen and oxygen atoms in total. The third kappa shape index (κ3) is 6.40. The van der Waals surface area contributed by atoms with Gasteiger partial charge in [-0.1, -0.05) is 17.7 Å². The van der Waals surface area contributed by atoms with E-state index >= 15 is 0 Å². The van der Waals surface area contributed by atoms with Gasteiger partial charge in [-0.3, -0.25) is 4.98 Å². The highest BCUT2D eigenvalue weighted by atomic mass is 35.5. The Kier molecular flexibility index (Phi) is 10.1. The number of nitrogens with zero attached hydrogens (tertiary/aromatic N) is 3. The maximum Gasteiger partial charge on any atom is 0.152 e. The van der Waals surface area contributed by atoms with Gasteiger partial charge in [0.1, 0.15) is 0 Å². The van der Waals surface area contributed by atoms with Crippen LogP contribution in [0.5, 0.6) is 0 Å². The van der Waals surface area contributed by atoms with Crippen LogP contribution in [0, 0.1) is 13.8 Å². The first-order chi connectivity index (χ1) is 13.8. The van der Waals surface area contributed by atoms with Crippen molar-refractivity contribution >= 4 is 60.3 Å². The minimum absolute atomic E-state index is 0. The van der Waals surface area contributed by atoms with E-state index in [1.807, 2.05) is 37.3 Å². The molecule has 1 aromatic carbocycles. The van der Waals surface area contributed by atoms with Crippen LogP contribution in [-0.4, -0.2) is 26.5 Å². The predicted molar refractivity (Wildman–Crippen MR) is 141 cm³/mol. The van der Waals surface area contributed by atoms with E-state index in [4.69, 9.17) is 21.4 Å². The van der Waals surface area contributed by atoms with Crippen molar-refractivity contribution in [3.8, 4) is 0 Å². The van der Waals surface area contributed by atoms with Crippen molar-refractivity contribution in [1.29, 1.82) is 0 Å². The Morgan fingerprint density at radius 2 is 1.75 bits per heavy atom. The maximum atomic E-state index is 6.58. The molecule has 1 saturated carbocycles. The molecule has 3 atom stereocenters. The summed E-state index contributed by atoms with van der Waals surface area (Å²) in [5, 5.41) is 1.09. The molecule has 0 spiro atoms. The highest BCUT2D eigenvalue weighted by Gasteiger charge is 2.35. The number of rotatable bonds is 3. The zero-order chi connectivity index (χ0) is 20.6. The van der Waals surface area contributed by atoms with E-state index in [1.54, 1.807) is 0 Å². The van der Waals surface area contributed by atoms with Crippen LogP contribution in [0.1, 0.15) is 60.6 Å². The summed E-state index contributed by atoms with van der Waals surface area (Å²) in [5.74, 6) is 0.871. The Hall–Kier alpha value is -1.76. The molecule has 4 N–H and O–H groups in total. The Labute approximate surface area is 208 Å². The number of pyridine rings is 1. The first-order valence-electron chi connectivity index (χ1n) is 10.3. The Morgan fingerprint density at radius 1 is 1.00 bits per heavy atom. The van der Waals surface area contributed by atoms with E-state index in [9.17, 15) is 0 Å². The maximum absolute atomic E-state index is 6.58. The minimum Gasteiger partial charge on any atom is -0.327 e. The van der Waals surface area contributed by atoms with Gasteiger partial charge in [0.25, 0.3) is 0 Å². The van der Waals surface area contributed by atoms with E-state index in [0.29, 0.717) is 5.82 Å². The topological polar surface area (TPSA) is 90.7 Å². The lowest BCUT2D eigenvalue weighted by Gasteiger charge is -2.38. The standard InChI is InChI=1S/C24H29N5.3ClH/c1-15-7-9-21-19(13-15)23(18-11-12-24(3,26)14-20(18)25)29-22(28-21)10-8-17-6-4-5-16(2)27-17;;;/h4-10,13,18,20H,11-12,14,25-26H2,1-3H3;3*1H/b10-8-;;;. The van der Waals surface area contributed by atoms with Crippen molar-refractivity contribution in [2.75, 3.05) is 0 Å². The molecular weight excluding hydrogens is 465 g/mol. The number of hydrogen-bond acceptors (Lipinski definition) is 5. The van der Waals surface area contributed by atoms with Crippen molar-refractivity contribution in [3.05, 3.63) is 64.9 Å². The predicted octanol–water partition coefficient (Wildman–Crippen LogP) is 5.39. The average molecular weight is 497 g/mol. The summed E-state index contributed by atoms with van der Waals surface area (Å²) in [6.07, 6.45) is 6.58. The quantitative estimate of drug-likeness (QED) is 0.507. The molecule has 2 aromatic heterocycles. The van der Waals surface area contributed by atoms with Gasteiger partial charge in [-0.25, -0.2) is 9.97 Å². The van der Waals surface area contributed by atoms with Gasteiger partial charge in [0.05, 0.1) is 16.9 Å². The molecule has 0 saturated heterocycles. The fourth-order valence-corrected chi connectivity index (χ4v) is 4.28. The van der Waals surface area contributed by atoms with Crippen LogP contribution in [0.2, 0.25) is 0 Å². The van der Waals surface area contributed by atoms with E-state index in [0.717, 1.165) is 47.2 Å². The van der Waals surface area contributed by atoms with Gasteiger partial charge in [-0.15, -0.1) is 37.2 Å². The third-order valence-corrected chi connectivity index (χ3v) is 5.81. The molecule has 0 amide bonds. The Balaban J connectivity index is 0.00000171. The minimum atomic E-state index is -0.200. The summed E-state index contributed by atoms with van der Waals surface area (Å²) in [4.78, 5) is 14.3. The van der Waals surface area contributed by atoms with Crippen LogP contribution in [0.15, 0.2) is 36.4 Å². The van der Waals surface area contributed by atoms with Crippen LogP contribution >= 0.6 is 37.2 Å². The first-order valence-corrected chi connectivity index (χ1v) is 10.3. The number of benzene rings is 1. The zero-order valence-electron chi connectivity index (χ0n) is 18.6. The van der Waals surface area contributed by atoms with Gasteiger partial charge in [-0.05, 0) is 76.5 Å². The highest BCUT2D eigenvalue weighted by molar-refractivity contribution is 5.86. The lowest BCUT2D eigenvalue weighted by Crippen LogP contribution is -2.49. The second kappa shape index (κ2) is 11.4. The molecule has 0 bridgehead atoms. The van der Waals surface area contributed by atoms with E-state index < -0.39 is 0 Å². The monoisotopic (exact) mass is 495 g/mol. The van der Waals surface area contributed by atoms with E-state index in [1.165, 1.54) is 5.56 Å². The van der Waals surface area contributed by atoms with Gasteiger partial charge >= 0.3 is 0 Å². The van der Waals surface area contributed by atoms with Crippen LogP contribution in [0.4, 0.5) is 0 Å². The molecule has 1 aliphatic rings. The number of nitrogens with two attached hydrogens (primary N) is 2. The highest BCUT2D eigenvalue weighted by Crippen LogP contribution is 2.38. The SMILES string of the molecule is Cc1ccc2nc(/C=C\c3cccc(C)n3)nc(C3CCC(C)(N)CC3N)c2c1.Cl.Cl.Cl. The summed E-state index contributed by atoms with van der Waals surface area (Å²) in [6, 6.07) is 12.3. The number of aromatic nitrogens is 3. The summed E-state index contributed by atoms with van der Waals surface area (Å²) in [5.41, 5.74) is 17.8. The molecule has 1 fully saturated rings. The van der Waals surface area contributed by atoms with Crippen LogP contribution in [-0.2, 0) is 0 Å². The zero-order valence-corrected chi connectivity index (χ0v) is 21.1. The average Bonchev–Trinajstić information content (AvgIpc) is 2.66. The molecule has 0 aliphatic heterocycles. The molecule has 4 rings (SSSR count). The largest absolute Gasteiger partial charge is 0.327 e. The number of halogens is 3. The summed E-state index contributed by atoms with van der Waals surface area (Å²) < 4.78 is 0. The van der Waals surface area contributed by atoms with Crippen LogP contribution in [0.3, 0.4) is 0 Å². The lowest BCUT2D eigenvalue weighted by molar-refractivity contribution is 0.261. The van der Waals surface area contributed by atoms with Gasteiger partial charge in [-0.2, -0.15) is 0 Å². The van der Waals surface area contributed by atoms with Gasteiger partial charge in [0.15, 0.2) is 5.82 Å². The third-order valence-electron chi connectivity index (χ3n) is 5.81. The van der Waals surface area contributed by atoms with Crippen molar-refractivity contribution in [2.24, 2.45) is 11.5 Å². The smallest absolute Gasteiger partial charge is 0.152 e. The molecular formula is C24H32Cl3N5. The number of hydrogen-bond donors (Lipinski definition) is 2. The second-order valence-corrected chi connectivity index (χ2v) is 8.69. The van der Waals surface area contributed by atoms with Gasteiger partial charge in [0.2, 0.25) is 0 Å². The Bertz CT molecular complexity index is 1080. The molecule has 3 unspecified atom stereocenters. The first kappa shape index (κ1) is 28.3. The Morgan fingerprint density at radius 3 is 2.44 bits per heavy atom. The fourth-order valence-electron chi connectivity index (χ4n) is 4.28. The van der Waals surface area contributed by atoms with Crippen LogP contribution in [0.25, 0.3) is 23.1 Å². The second-order valence-electron chi connectivity index (χ2n) is 8.69. The van der Waals surface area contributed by atoms with E-state index in [-0.39, 0.29) is 54.7 Å². The number of fused-ring (bicyclic) bond motifs is 1. The van der Waals surface area contributed by atoms with Crippen LogP contribution < -0.4 is 11.5 Å². The molecule has 1 aliphatic carbocycles. The van der Waals surface area contributed by atoms with Gasteiger partial charge < -0.3 is 11.5 Å². The molecule has 2 heterocycles. The van der Waals surface area contributed by atoms with Crippen molar-refractivity contribution in [2.45, 2.75) is 57.5 Å². The summed E-state index contributed by atoms with van der Waals surface area (Å²) in [7, 11) is 0. The normalized spacial score (nSPS) is 22.7. The molecule has 0 radical (unpaired) electrons. The molecule has 8 heteroatoms. The molecule has 3 aromatic rings. The van der Waals surface area contributed by atoms with Gasteiger partial charge in [0, 0.05) is 28.6 Å². The lowest BCUT2D eigenvalue weighted by atomic mass is 9.73. The van der Waals surface area contributed by atoms with Crippen molar-refractivity contribution < 1.29 is 0 Å². The van der Waals surface area contributed by atoms with Crippen molar-refractivity contribution in [3.63, 3.8) is 0 Å². The fraction of sp³-hybridized carbons (Fsp3) is 0.375. The van der Waals surface area contributed by atoms with Crippen molar-refractivity contribution in [1.82, 2.24) is 15.0 Å². The molecule has 32 heavy (non-hydrogen) atoms. The summed E-state index contributed by atoms with van der Waals surface area (Å²) >= 11 is 0. The number of aryl methyl sites for hydroxylation is 2. The summed E-state index contributed by atoms with van der Waals surface area (Å²) in [6.45, 7) is 6.17. The van der Waals surface area contributed by atoms with E-state index in [2.05, 4.69) is 37.0 Å².